The molecular weight excluding hydrogens is 345 g/mol. The van der Waals surface area contributed by atoms with E-state index in [1.165, 1.54) is 24.8 Å². The molecule has 1 aliphatic carbocycles. The Bertz CT molecular complexity index is 745. The zero-order valence-corrected chi connectivity index (χ0v) is 18.2. The van der Waals surface area contributed by atoms with Crippen molar-refractivity contribution in [1.29, 1.82) is 0 Å². The summed E-state index contributed by atoms with van der Waals surface area (Å²) in [6.07, 6.45) is 9.99. The summed E-state index contributed by atoms with van der Waals surface area (Å²) < 4.78 is 0.824. The lowest BCUT2D eigenvalue weighted by Gasteiger charge is -2.32. The average molecular weight is 378 g/mol. The second-order valence-corrected chi connectivity index (χ2v) is 8.96. The quantitative estimate of drug-likeness (QED) is 0.247. The Balaban J connectivity index is 2.27. The lowest BCUT2D eigenvalue weighted by Crippen LogP contribution is -2.24. The minimum absolute atomic E-state index is 0.247. The maximum Gasteiger partial charge on any atom is 0.164 e. The van der Waals surface area contributed by atoms with Crippen molar-refractivity contribution in [3.8, 4) is 0 Å². The third kappa shape index (κ3) is 5.22. The van der Waals surface area contributed by atoms with Crippen molar-refractivity contribution in [2.75, 3.05) is 0 Å². The molecule has 1 fully saturated rings. The number of hydrogen-bond donors (Lipinski definition) is 1. The third-order valence-corrected chi connectivity index (χ3v) is 6.42. The van der Waals surface area contributed by atoms with Crippen molar-refractivity contribution in [2.24, 2.45) is 11.1 Å². The van der Waals surface area contributed by atoms with Crippen molar-refractivity contribution < 1.29 is 0 Å². The second-order valence-electron chi connectivity index (χ2n) is 8.52. The highest BCUT2D eigenvalue weighted by Gasteiger charge is 2.43. The highest BCUT2D eigenvalue weighted by molar-refractivity contribution is 7.84. The summed E-state index contributed by atoms with van der Waals surface area (Å²) in [5.41, 5.74) is 10.8. The van der Waals surface area contributed by atoms with Gasteiger partial charge in [-0.2, -0.15) is 0 Å². The van der Waals surface area contributed by atoms with Crippen LogP contribution in [-0.4, -0.2) is 12.0 Å². The van der Waals surface area contributed by atoms with E-state index in [1.807, 2.05) is 27.1 Å². The predicted molar refractivity (Wildman–Crippen MR) is 124 cm³/mol. The first kappa shape index (κ1) is 21.7. The maximum absolute atomic E-state index is 6.10. The van der Waals surface area contributed by atoms with Crippen molar-refractivity contribution in [3.05, 3.63) is 71.5 Å². The smallest absolute Gasteiger partial charge is 0.164 e. The van der Waals surface area contributed by atoms with Crippen molar-refractivity contribution >= 4 is 24.3 Å². The summed E-state index contributed by atoms with van der Waals surface area (Å²) in [6, 6.07) is 11.0. The molecule has 3 heteroatoms. The zero-order chi connectivity index (χ0) is 20.1. The normalized spacial score (nSPS) is 22.5. The molecule has 1 atom stereocenters. The van der Waals surface area contributed by atoms with Gasteiger partial charge in [-0.1, -0.05) is 82.0 Å². The molecule has 1 nitrogen and oxygen atoms in total. The van der Waals surface area contributed by atoms with Crippen LogP contribution in [0.3, 0.4) is 0 Å². The molecule has 0 bridgehead atoms. The van der Waals surface area contributed by atoms with Gasteiger partial charge in [0.15, 0.2) is 7.28 Å². The van der Waals surface area contributed by atoms with Crippen molar-refractivity contribution in [3.63, 3.8) is 0 Å². The van der Waals surface area contributed by atoms with Crippen LogP contribution >= 0.6 is 12.2 Å². The predicted octanol–water partition coefficient (Wildman–Crippen LogP) is 6.34. The summed E-state index contributed by atoms with van der Waals surface area (Å²) in [7, 11) is 1.96. The van der Waals surface area contributed by atoms with E-state index in [1.54, 1.807) is 0 Å². The third-order valence-electron chi connectivity index (χ3n) is 5.97. The zero-order valence-electron chi connectivity index (χ0n) is 17.3. The van der Waals surface area contributed by atoms with Crippen LogP contribution in [0, 0.1) is 5.41 Å². The molecule has 143 valence electrons. The van der Waals surface area contributed by atoms with Gasteiger partial charge in [0.2, 0.25) is 0 Å². The molecule has 1 aromatic carbocycles. The fourth-order valence-electron chi connectivity index (χ4n) is 4.42. The first-order chi connectivity index (χ1) is 12.7. The van der Waals surface area contributed by atoms with Crippen LogP contribution in [0.4, 0.5) is 0 Å². The highest BCUT2D eigenvalue weighted by Crippen LogP contribution is 2.53. The van der Waals surface area contributed by atoms with Crippen LogP contribution in [-0.2, 0) is 5.41 Å². The number of rotatable bonds is 8. The standard InChI is InChI=1S/C24H33BNS/c1-6-21(26)18(2)20(22(27)25-5)13-10-14-24(16-15-23(3,4)17-24)19-11-8-7-9-12-19/h6-9,11-13H,2,10,14-17,26H2,1,3-5H3/b20-13+,21-6+. The van der Waals surface area contributed by atoms with Crippen LogP contribution in [0.25, 0.3) is 0 Å². The molecule has 1 unspecified atom stereocenters. The van der Waals surface area contributed by atoms with Crippen molar-refractivity contribution in [1.82, 2.24) is 0 Å². The summed E-state index contributed by atoms with van der Waals surface area (Å²) in [5.74, 6) is 0. The van der Waals surface area contributed by atoms with Gasteiger partial charge in [0.25, 0.3) is 0 Å². The molecule has 1 radical (unpaired) electrons. The van der Waals surface area contributed by atoms with Crippen LogP contribution in [0.1, 0.15) is 58.4 Å². The molecule has 27 heavy (non-hydrogen) atoms. The van der Waals surface area contributed by atoms with E-state index < -0.39 is 0 Å². The van der Waals surface area contributed by atoms with Gasteiger partial charge in [0, 0.05) is 5.70 Å². The van der Waals surface area contributed by atoms with E-state index in [0.717, 1.165) is 28.8 Å². The second kappa shape index (κ2) is 9.06. The van der Waals surface area contributed by atoms with Crippen molar-refractivity contribution in [2.45, 2.75) is 65.1 Å². The molecular formula is C24H33BNS. The molecule has 2 N–H and O–H groups in total. The Morgan fingerprint density at radius 3 is 2.44 bits per heavy atom. The molecule has 0 saturated heterocycles. The fourth-order valence-corrected chi connectivity index (χ4v) is 4.62. The Labute approximate surface area is 172 Å². The van der Waals surface area contributed by atoms with Gasteiger partial charge in [-0.25, -0.2) is 0 Å². The van der Waals surface area contributed by atoms with E-state index in [0.29, 0.717) is 11.1 Å². The van der Waals surface area contributed by atoms with E-state index in [9.17, 15) is 0 Å². The van der Waals surface area contributed by atoms with Gasteiger partial charge in [0.1, 0.15) is 0 Å². The number of thiocarbonyl (C=S) groups is 1. The lowest BCUT2D eigenvalue weighted by atomic mass is 9.71. The summed E-state index contributed by atoms with van der Waals surface area (Å²) >= 11 is 5.56. The highest BCUT2D eigenvalue weighted by atomic mass is 32.1. The minimum atomic E-state index is 0.247. The molecule has 1 aromatic rings. The van der Waals surface area contributed by atoms with Gasteiger partial charge in [-0.05, 0) is 71.3 Å². The maximum atomic E-state index is 6.10. The van der Waals surface area contributed by atoms with Gasteiger partial charge in [-0.3, -0.25) is 0 Å². The SMILES string of the molecule is C=C(/C(N)=C\C)/C(=C\CCC1(c2ccccc2)CCC(C)(C)C1)C(=S)[B]C. The van der Waals surface area contributed by atoms with E-state index in [4.69, 9.17) is 18.0 Å². The molecule has 0 heterocycles. The largest absolute Gasteiger partial charge is 0.399 e. The van der Waals surface area contributed by atoms with Gasteiger partial charge >= 0.3 is 0 Å². The Morgan fingerprint density at radius 2 is 1.93 bits per heavy atom. The molecule has 0 aromatic heterocycles. The molecule has 1 aliphatic rings. The van der Waals surface area contributed by atoms with Crippen LogP contribution in [0.5, 0.6) is 0 Å². The van der Waals surface area contributed by atoms with Crippen LogP contribution < -0.4 is 5.73 Å². The van der Waals surface area contributed by atoms with Crippen LogP contribution in [0.15, 0.2) is 65.9 Å². The number of benzene rings is 1. The van der Waals surface area contributed by atoms with E-state index in [-0.39, 0.29) is 5.41 Å². The number of hydrogen-bond acceptors (Lipinski definition) is 2. The molecule has 1 saturated carbocycles. The van der Waals surface area contributed by atoms with E-state index >= 15 is 0 Å². The summed E-state index contributed by atoms with van der Waals surface area (Å²) in [4.78, 5) is 0. The molecule has 0 aliphatic heterocycles. The minimum Gasteiger partial charge on any atom is -0.399 e. The molecule has 2 rings (SSSR count). The number of nitrogens with two attached hydrogens (primary N) is 1. The topological polar surface area (TPSA) is 26.0 Å². The monoisotopic (exact) mass is 378 g/mol. The van der Waals surface area contributed by atoms with Crippen LogP contribution in [0.2, 0.25) is 6.82 Å². The first-order valence-corrected chi connectivity index (χ1v) is 10.4. The number of allylic oxidation sites excluding steroid dienone is 3. The molecule has 0 amide bonds. The first-order valence-electron chi connectivity index (χ1n) is 9.95. The fraction of sp³-hybridized carbons (Fsp3) is 0.458. The van der Waals surface area contributed by atoms with Gasteiger partial charge in [-0.15, -0.1) is 0 Å². The van der Waals surface area contributed by atoms with Gasteiger partial charge in [0.05, 0.1) is 0 Å². The average Bonchev–Trinajstić information content (AvgIpc) is 3.00. The Kier molecular flexibility index (Phi) is 7.28. The summed E-state index contributed by atoms with van der Waals surface area (Å²) in [6.45, 7) is 12.9. The van der Waals surface area contributed by atoms with E-state index in [2.05, 4.69) is 56.8 Å². The van der Waals surface area contributed by atoms with Gasteiger partial charge < -0.3 is 5.73 Å². The Hall–Kier alpha value is -1.61. The lowest BCUT2D eigenvalue weighted by molar-refractivity contribution is 0.323. The Morgan fingerprint density at radius 1 is 1.26 bits per heavy atom. The summed E-state index contributed by atoms with van der Waals surface area (Å²) in [5, 5.41) is 0. The molecule has 0 spiro atoms.